The Morgan fingerprint density at radius 3 is 2.50 bits per heavy atom. The first-order valence-electron chi connectivity index (χ1n) is 13.5. The van der Waals surface area contributed by atoms with Crippen molar-refractivity contribution in [1.29, 1.82) is 0 Å². The Morgan fingerprint density at radius 1 is 1.13 bits per heavy atom. The number of Topliss-reactive ketones (excluding diaryl/α,β-unsaturated/α-hetero) is 2. The zero-order valence-corrected chi connectivity index (χ0v) is 23.4. The summed E-state index contributed by atoms with van der Waals surface area (Å²) in [4.78, 5) is 51.1. The SMILES string of the molecule is CC1=CC(C)=C(CCC(=O)c2ccc(Cc3ncc4c(n3)N(CCC(C)C)C(C)C(=O)N4C)cc2)C(=O)C1. The number of carbonyl (C=O) groups excluding carboxylic acids is 3. The van der Waals surface area contributed by atoms with Crippen LogP contribution in [0.4, 0.5) is 11.5 Å². The van der Waals surface area contributed by atoms with Crippen molar-refractivity contribution in [2.24, 2.45) is 5.92 Å². The summed E-state index contributed by atoms with van der Waals surface area (Å²) in [6.07, 6.45) is 6.51. The fraction of sp³-hybridized carbons (Fsp3) is 0.452. The van der Waals surface area contributed by atoms with Crippen LogP contribution in [0.5, 0.6) is 0 Å². The number of aromatic nitrogens is 2. The van der Waals surface area contributed by atoms with E-state index in [0.29, 0.717) is 43.0 Å². The number of benzene rings is 1. The van der Waals surface area contributed by atoms with Crippen LogP contribution in [0.25, 0.3) is 0 Å². The van der Waals surface area contributed by atoms with E-state index < -0.39 is 0 Å². The Morgan fingerprint density at radius 2 is 1.84 bits per heavy atom. The van der Waals surface area contributed by atoms with Gasteiger partial charge in [-0.05, 0) is 56.2 Å². The second-order valence-electron chi connectivity index (χ2n) is 11.0. The van der Waals surface area contributed by atoms with Crippen molar-refractivity contribution >= 4 is 29.0 Å². The molecule has 200 valence electrons. The molecule has 1 amide bonds. The van der Waals surface area contributed by atoms with E-state index in [1.54, 1.807) is 18.1 Å². The monoisotopic (exact) mass is 514 g/mol. The van der Waals surface area contributed by atoms with Gasteiger partial charge >= 0.3 is 0 Å². The normalized spacial score (nSPS) is 17.8. The van der Waals surface area contributed by atoms with Crippen molar-refractivity contribution in [2.45, 2.75) is 72.8 Å². The van der Waals surface area contributed by atoms with Gasteiger partial charge in [0.05, 0.1) is 6.20 Å². The molecule has 1 unspecified atom stereocenters. The molecule has 4 rings (SSSR count). The Labute approximate surface area is 225 Å². The van der Waals surface area contributed by atoms with Crippen LogP contribution in [0.1, 0.15) is 82.0 Å². The molecule has 0 bridgehead atoms. The second-order valence-corrected chi connectivity index (χ2v) is 11.0. The zero-order valence-electron chi connectivity index (χ0n) is 23.4. The minimum atomic E-state index is -0.275. The first kappa shape index (κ1) is 27.4. The van der Waals surface area contributed by atoms with Crippen LogP contribution in [0.3, 0.4) is 0 Å². The van der Waals surface area contributed by atoms with Gasteiger partial charge in [-0.15, -0.1) is 0 Å². The van der Waals surface area contributed by atoms with E-state index in [2.05, 4.69) is 23.7 Å². The van der Waals surface area contributed by atoms with Gasteiger partial charge in [0.1, 0.15) is 17.6 Å². The average Bonchev–Trinajstić information content (AvgIpc) is 2.87. The Kier molecular flexibility index (Phi) is 8.24. The molecule has 0 saturated heterocycles. The summed E-state index contributed by atoms with van der Waals surface area (Å²) in [5.74, 6) is 2.20. The summed E-state index contributed by atoms with van der Waals surface area (Å²) >= 11 is 0. The van der Waals surface area contributed by atoms with Crippen LogP contribution in [-0.2, 0) is 16.0 Å². The molecule has 0 saturated carbocycles. The number of nitrogens with zero attached hydrogens (tertiary/aromatic N) is 4. The maximum absolute atomic E-state index is 12.8. The summed E-state index contributed by atoms with van der Waals surface area (Å²) in [6, 6.07) is 7.28. The van der Waals surface area contributed by atoms with Gasteiger partial charge in [-0.3, -0.25) is 14.4 Å². The van der Waals surface area contributed by atoms with E-state index in [4.69, 9.17) is 4.98 Å². The summed E-state index contributed by atoms with van der Waals surface area (Å²) in [5.41, 5.74) is 5.19. The highest BCUT2D eigenvalue weighted by Crippen LogP contribution is 2.34. The number of carbonyl (C=O) groups is 3. The van der Waals surface area contributed by atoms with Crippen LogP contribution >= 0.6 is 0 Å². The predicted octanol–water partition coefficient (Wildman–Crippen LogP) is 5.48. The van der Waals surface area contributed by atoms with E-state index >= 15 is 0 Å². The van der Waals surface area contributed by atoms with Crippen molar-refractivity contribution < 1.29 is 14.4 Å². The number of ketones is 2. The highest BCUT2D eigenvalue weighted by molar-refractivity contribution is 6.04. The van der Waals surface area contributed by atoms with E-state index in [1.807, 2.05) is 51.1 Å². The number of amides is 1. The minimum absolute atomic E-state index is 0.0310. The largest absolute Gasteiger partial charge is 0.343 e. The molecule has 38 heavy (non-hydrogen) atoms. The molecule has 2 heterocycles. The summed E-state index contributed by atoms with van der Waals surface area (Å²) < 4.78 is 0. The fourth-order valence-electron chi connectivity index (χ4n) is 5.15. The standard InChI is InChI=1S/C31H38N4O3/c1-19(2)13-14-35-22(5)31(38)34(6)26-18-32-29(33-30(26)35)17-23-7-9-24(10-8-23)27(36)12-11-25-21(4)15-20(3)16-28(25)37/h7-10,15,18-19,22H,11-14,16-17H2,1-6H3. The van der Waals surface area contributed by atoms with Crippen LogP contribution in [-0.4, -0.2) is 47.1 Å². The van der Waals surface area contributed by atoms with Crippen molar-refractivity contribution in [3.8, 4) is 0 Å². The third-order valence-electron chi connectivity index (χ3n) is 7.49. The number of anilines is 2. The van der Waals surface area contributed by atoms with Gasteiger partial charge in [0.15, 0.2) is 17.4 Å². The van der Waals surface area contributed by atoms with E-state index in [1.165, 1.54) is 0 Å². The highest BCUT2D eigenvalue weighted by atomic mass is 16.2. The number of hydrogen-bond donors (Lipinski definition) is 0. The maximum Gasteiger partial charge on any atom is 0.249 e. The summed E-state index contributed by atoms with van der Waals surface area (Å²) in [5, 5.41) is 0. The number of rotatable bonds is 9. The topological polar surface area (TPSA) is 83.5 Å². The number of hydrogen-bond acceptors (Lipinski definition) is 6. The molecule has 7 nitrogen and oxygen atoms in total. The lowest BCUT2D eigenvalue weighted by atomic mass is 9.89. The van der Waals surface area contributed by atoms with Crippen LogP contribution in [0.15, 0.2) is 53.3 Å². The Hall–Kier alpha value is -3.61. The molecule has 0 radical (unpaired) electrons. The van der Waals surface area contributed by atoms with Crippen molar-refractivity contribution in [2.75, 3.05) is 23.4 Å². The Bertz CT molecular complexity index is 1310. The van der Waals surface area contributed by atoms with Gasteiger partial charge < -0.3 is 9.80 Å². The van der Waals surface area contributed by atoms with Crippen LogP contribution in [0.2, 0.25) is 0 Å². The molecule has 1 atom stereocenters. The molecule has 1 aliphatic carbocycles. The van der Waals surface area contributed by atoms with Crippen molar-refractivity contribution in [3.05, 3.63) is 70.2 Å². The molecule has 0 spiro atoms. The van der Waals surface area contributed by atoms with E-state index in [-0.39, 0.29) is 23.5 Å². The maximum atomic E-state index is 12.8. The van der Waals surface area contributed by atoms with Gasteiger partial charge in [-0.2, -0.15) is 0 Å². The molecule has 2 aliphatic rings. The van der Waals surface area contributed by atoms with Gasteiger partial charge in [-0.25, -0.2) is 9.97 Å². The number of fused-ring (bicyclic) bond motifs is 1. The first-order chi connectivity index (χ1) is 18.0. The lowest BCUT2D eigenvalue weighted by Gasteiger charge is -2.39. The molecule has 1 aromatic carbocycles. The van der Waals surface area contributed by atoms with Gasteiger partial charge in [-0.1, -0.05) is 49.8 Å². The molecule has 1 aliphatic heterocycles. The molecule has 0 fully saturated rings. The van der Waals surface area contributed by atoms with Crippen LogP contribution < -0.4 is 9.80 Å². The predicted molar refractivity (Wildman–Crippen MR) is 151 cm³/mol. The van der Waals surface area contributed by atoms with Gasteiger partial charge in [0.2, 0.25) is 5.91 Å². The lowest BCUT2D eigenvalue weighted by molar-refractivity contribution is -0.119. The zero-order chi connectivity index (χ0) is 27.6. The molecular formula is C31H38N4O3. The fourth-order valence-corrected chi connectivity index (χ4v) is 5.15. The lowest BCUT2D eigenvalue weighted by Crippen LogP contribution is -2.51. The quantitative estimate of drug-likeness (QED) is 0.412. The van der Waals surface area contributed by atoms with E-state index in [0.717, 1.165) is 46.8 Å². The summed E-state index contributed by atoms with van der Waals surface area (Å²) in [7, 11) is 1.77. The average molecular weight is 515 g/mol. The van der Waals surface area contributed by atoms with Gasteiger partial charge in [0.25, 0.3) is 0 Å². The molecular weight excluding hydrogens is 476 g/mol. The molecule has 0 N–H and O–H groups in total. The van der Waals surface area contributed by atoms with Crippen LogP contribution in [0, 0.1) is 5.92 Å². The highest BCUT2D eigenvalue weighted by Gasteiger charge is 2.35. The third kappa shape index (κ3) is 5.93. The number of allylic oxidation sites excluding steroid dienone is 4. The summed E-state index contributed by atoms with van der Waals surface area (Å²) in [6.45, 7) is 10.9. The molecule has 7 heteroatoms. The third-order valence-corrected chi connectivity index (χ3v) is 7.49. The number of likely N-dealkylation sites (N-methyl/N-ethyl adjacent to an activating group) is 1. The first-order valence-corrected chi connectivity index (χ1v) is 13.5. The van der Waals surface area contributed by atoms with Gasteiger partial charge in [0, 0.05) is 38.4 Å². The Balaban J connectivity index is 1.45. The van der Waals surface area contributed by atoms with E-state index in [9.17, 15) is 14.4 Å². The molecule has 1 aromatic heterocycles. The van der Waals surface area contributed by atoms with Crippen molar-refractivity contribution in [1.82, 2.24) is 9.97 Å². The second kappa shape index (κ2) is 11.4. The minimum Gasteiger partial charge on any atom is -0.343 e. The smallest absolute Gasteiger partial charge is 0.249 e. The van der Waals surface area contributed by atoms with Crippen molar-refractivity contribution in [3.63, 3.8) is 0 Å². The molecule has 2 aromatic rings.